The van der Waals surface area contributed by atoms with Gasteiger partial charge in [0.25, 0.3) is 0 Å². The first-order valence-corrected chi connectivity index (χ1v) is 6.86. The monoisotopic (exact) mass is 251 g/mol. The minimum atomic E-state index is -0.173. The first kappa shape index (κ1) is 13.5. The standard InChI is InChI=1S/C15H22FNO/c1-3-15(11-5-7-12(16)8-6-11)17-13-9-14(10-13)18-4-2/h5-8,13-15,17H,3-4,9-10H2,1-2H3. The third-order valence-electron chi connectivity index (χ3n) is 3.61. The molecule has 0 heterocycles. The molecule has 2 rings (SSSR count). The number of rotatable bonds is 6. The Bertz CT molecular complexity index is 359. The molecule has 1 aliphatic rings. The molecule has 1 aromatic carbocycles. The van der Waals surface area contributed by atoms with Gasteiger partial charge in [-0.05, 0) is 43.9 Å². The van der Waals surface area contributed by atoms with E-state index < -0.39 is 0 Å². The lowest BCUT2D eigenvalue weighted by Crippen LogP contribution is -2.46. The SMILES string of the molecule is CCOC1CC(NC(CC)c2ccc(F)cc2)C1. The highest BCUT2D eigenvalue weighted by Crippen LogP contribution is 2.27. The van der Waals surface area contributed by atoms with E-state index in [4.69, 9.17) is 4.74 Å². The second kappa shape index (κ2) is 6.30. The van der Waals surface area contributed by atoms with Crippen molar-refractivity contribution >= 4 is 0 Å². The Morgan fingerprint density at radius 2 is 1.94 bits per heavy atom. The predicted molar refractivity (Wildman–Crippen MR) is 71.0 cm³/mol. The van der Waals surface area contributed by atoms with E-state index in [1.165, 1.54) is 17.7 Å². The van der Waals surface area contributed by atoms with E-state index in [1.54, 1.807) is 0 Å². The summed E-state index contributed by atoms with van der Waals surface area (Å²) in [6.07, 6.45) is 3.62. The van der Waals surface area contributed by atoms with Gasteiger partial charge in [0.15, 0.2) is 0 Å². The van der Waals surface area contributed by atoms with Gasteiger partial charge >= 0.3 is 0 Å². The smallest absolute Gasteiger partial charge is 0.123 e. The summed E-state index contributed by atoms with van der Waals surface area (Å²) in [6.45, 7) is 4.99. The van der Waals surface area contributed by atoms with E-state index >= 15 is 0 Å². The van der Waals surface area contributed by atoms with E-state index in [1.807, 2.05) is 19.1 Å². The highest BCUT2D eigenvalue weighted by molar-refractivity contribution is 5.20. The fraction of sp³-hybridized carbons (Fsp3) is 0.600. The van der Waals surface area contributed by atoms with Gasteiger partial charge in [0.05, 0.1) is 6.10 Å². The van der Waals surface area contributed by atoms with Crippen molar-refractivity contribution in [1.82, 2.24) is 5.32 Å². The molecule has 1 aliphatic carbocycles. The molecule has 3 heteroatoms. The molecule has 1 unspecified atom stereocenters. The van der Waals surface area contributed by atoms with Gasteiger partial charge in [0, 0.05) is 18.7 Å². The van der Waals surface area contributed by atoms with Crippen molar-refractivity contribution < 1.29 is 9.13 Å². The molecule has 1 aromatic rings. The zero-order valence-corrected chi connectivity index (χ0v) is 11.2. The average molecular weight is 251 g/mol. The van der Waals surface area contributed by atoms with E-state index in [-0.39, 0.29) is 5.82 Å². The highest BCUT2D eigenvalue weighted by atomic mass is 19.1. The van der Waals surface area contributed by atoms with E-state index in [9.17, 15) is 4.39 Å². The minimum Gasteiger partial charge on any atom is -0.378 e. The van der Waals surface area contributed by atoms with Crippen molar-refractivity contribution in [2.24, 2.45) is 0 Å². The Labute approximate surface area is 109 Å². The van der Waals surface area contributed by atoms with Gasteiger partial charge in [-0.15, -0.1) is 0 Å². The molecule has 1 fully saturated rings. The molecular weight excluding hydrogens is 229 g/mol. The first-order chi connectivity index (χ1) is 8.72. The molecule has 1 saturated carbocycles. The van der Waals surface area contributed by atoms with Gasteiger partial charge in [0.2, 0.25) is 0 Å². The fourth-order valence-corrected chi connectivity index (χ4v) is 2.50. The maximum absolute atomic E-state index is 12.9. The van der Waals surface area contributed by atoms with Crippen molar-refractivity contribution in [2.45, 2.75) is 51.3 Å². The van der Waals surface area contributed by atoms with Gasteiger partial charge < -0.3 is 10.1 Å². The van der Waals surface area contributed by atoms with Crippen LogP contribution in [0.15, 0.2) is 24.3 Å². The molecule has 0 bridgehead atoms. The fourth-order valence-electron chi connectivity index (χ4n) is 2.50. The van der Waals surface area contributed by atoms with Crippen LogP contribution in [0.4, 0.5) is 4.39 Å². The van der Waals surface area contributed by atoms with Crippen LogP contribution in [-0.2, 0) is 4.74 Å². The summed E-state index contributed by atoms with van der Waals surface area (Å²) in [5, 5.41) is 3.62. The maximum Gasteiger partial charge on any atom is 0.123 e. The lowest BCUT2D eigenvalue weighted by atomic mass is 9.87. The molecular formula is C15H22FNO. The quantitative estimate of drug-likeness (QED) is 0.836. The molecule has 0 aliphatic heterocycles. The zero-order chi connectivity index (χ0) is 13.0. The molecule has 0 amide bonds. The lowest BCUT2D eigenvalue weighted by Gasteiger charge is -2.38. The molecule has 18 heavy (non-hydrogen) atoms. The number of nitrogens with one attached hydrogen (secondary N) is 1. The first-order valence-electron chi connectivity index (χ1n) is 6.86. The van der Waals surface area contributed by atoms with E-state index in [2.05, 4.69) is 12.2 Å². The molecule has 0 spiro atoms. The number of hydrogen-bond donors (Lipinski definition) is 1. The van der Waals surface area contributed by atoms with Crippen LogP contribution >= 0.6 is 0 Å². The van der Waals surface area contributed by atoms with Crippen molar-refractivity contribution in [3.05, 3.63) is 35.6 Å². The Kier molecular flexibility index (Phi) is 4.72. The molecule has 2 nitrogen and oxygen atoms in total. The summed E-state index contributed by atoms with van der Waals surface area (Å²) in [5.41, 5.74) is 1.17. The molecule has 0 aromatic heterocycles. The van der Waals surface area contributed by atoms with Crippen LogP contribution in [0.2, 0.25) is 0 Å². The minimum absolute atomic E-state index is 0.173. The van der Waals surface area contributed by atoms with Gasteiger partial charge in [-0.1, -0.05) is 19.1 Å². The van der Waals surface area contributed by atoms with Crippen LogP contribution < -0.4 is 5.32 Å². The molecule has 0 radical (unpaired) electrons. The van der Waals surface area contributed by atoms with Crippen molar-refractivity contribution in [3.63, 3.8) is 0 Å². The zero-order valence-electron chi connectivity index (χ0n) is 11.2. The number of ether oxygens (including phenoxy) is 1. The summed E-state index contributed by atoms with van der Waals surface area (Å²) in [5.74, 6) is -0.173. The summed E-state index contributed by atoms with van der Waals surface area (Å²) in [6, 6.07) is 7.66. The summed E-state index contributed by atoms with van der Waals surface area (Å²) < 4.78 is 18.4. The summed E-state index contributed by atoms with van der Waals surface area (Å²) in [4.78, 5) is 0. The van der Waals surface area contributed by atoms with Gasteiger partial charge in [0.1, 0.15) is 5.82 Å². The van der Waals surface area contributed by atoms with Crippen molar-refractivity contribution in [3.8, 4) is 0 Å². The average Bonchev–Trinajstić information content (AvgIpc) is 2.33. The number of halogens is 1. The lowest BCUT2D eigenvalue weighted by molar-refractivity contribution is -0.0126. The second-order valence-electron chi connectivity index (χ2n) is 4.92. The third kappa shape index (κ3) is 3.30. The largest absolute Gasteiger partial charge is 0.378 e. The van der Waals surface area contributed by atoms with Crippen LogP contribution in [0, 0.1) is 5.82 Å². The topological polar surface area (TPSA) is 21.3 Å². The van der Waals surface area contributed by atoms with E-state index in [0.29, 0.717) is 18.2 Å². The molecule has 0 saturated heterocycles. The highest BCUT2D eigenvalue weighted by Gasteiger charge is 2.30. The normalized spacial score (nSPS) is 24.6. The van der Waals surface area contributed by atoms with Crippen LogP contribution in [0.3, 0.4) is 0 Å². The van der Waals surface area contributed by atoms with Gasteiger partial charge in [-0.3, -0.25) is 0 Å². The number of benzene rings is 1. The van der Waals surface area contributed by atoms with Gasteiger partial charge in [-0.2, -0.15) is 0 Å². The Balaban J connectivity index is 1.85. The molecule has 100 valence electrons. The summed E-state index contributed by atoms with van der Waals surface area (Å²) >= 11 is 0. The van der Waals surface area contributed by atoms with Crippen LogP contribution in [-0.4, -0.2) is 18.8 Å². The Hall–Kier alpha value is -0.930. The third-order valence-corrected chi connectivity index (χ3v) is 3.61. The molecule has 1 N–H and O–H groups in total. The second-order valence-corrected chi connectivity index (χ2v) is 4.92. The number of hydrogen-bond acceptors (Lipinski definition) is 2. The van der Waals surface area contributed by atoms with Crippen LogP contribution in [0.25, 0.3) is 0 Å². The maximum atomic E-state index is 12.9. The van der Waals surface area contributed by atoms with Crippen molar-refractivity contribution in [2.75, 3.05) is 6.61 Å². The Morgan fingerprint density at radius 1 is 1.28 bits per heavy atom. The molecule has 1 atom stereocenters. The predicted octanol–water partition coefficient (Wildman–Crippen LogP) is 3.43. The van der Waals surface area contributed by atoms with Crippen LogP contribution in [0.5, 0.6) is 0 Å². The summed E-state index contributed by atoms with van der Waals surface area (Å²) in [7, 11) is 0. The van der Waals surface area contributed by atoms with Crippen LogP contribution in [0.1, 0.15) is 44.7 Å². The Morgan fingerprint density at radius 3 is 2.50 bits per heavy atom. The van der Waals surface area contributed by atoms with E-state index in [0.717, 1.165) is 25.9 Å². The van der Waals surface area contributed by atoms with Crippen molar-refractivity contribution in [1.29, 1.82) is 0 Å². The van der Waals surface area contributed by atoms with Gasteiger partial charge in [-0.25, -0.2) is 4.39 Å².